The second-order valence-electron chi connectivity index (χ2n) is 5.15. The van der Waals surface area contributed by atoms with Gasteiger partial charge in [-0.1, -0.05) is 44.9 Å². The number of hydrogen-bond donors (Lipinski definition) is 0. The first-order valence-corrected chi connectivity index (χ1v) is 7.10. The number of hydrogen-bond acceptors (Lipinski definition) is 3. The van der Waals surface area contributed by atoms with E-state index in [0.717, 1.165) is 38.5 Å². The Labute approximate surface area is 109 Å². The second-order valence-corrected chi connectivity index (χ2v) is 5.15. The van der Waals surface area contributed by atoms with Crippen LogP contribution in [0.15, 0.2) is 10.2 Å². The monoisotopic (exact) mass is 249 g/mol. The summed E-state index contributed by atoms with van der Waals surface area (Å²) in [6.07, 6.45) is 12.6. The van der Waals surface area contributed by atoms with E-state index in [1.165, 1.54) is 32.1 Å². The molecule has 100 valence electrons. The highest BCUT2D eigenvalue weighted by Gasteiger charge is 2.29. The van der Waals surface area contributed by atoms with Crippen molar-refractivity contribution in [1.82, 2.24) is 0 Å². The van der Waals surface area contributed by atoms with Crippen LogP contribution in [0.3, 0.4) is 0 Å². The molecule has 0 saturated heterocycles. The molecular weight excluding hydrogens is 226 g/mol. The lowest BCUT2D eigenvalue weighted by atomic mass is 9.87. The van der Waals surface area contributed by atoms with Crippen LogP contribution in [0.4, 0.5) is 0 Å². The number of azo groups is 1. The highest BCUT2D eigenvalue weighted by Crippen LogP contribution is 2.28. The molecule has 1 aliphatic rings. The number of carbonyl (C=O) groups excluding carboxylic acids is 1. The fourth-order valence-electron chi connectivity index (χ4n) is 2.57. The van der Waals surface area contributed by atoms with Crippen molar-refractivity contribution in [3.63, 3.8) is 0 Å². The molecule has 4 nitrogen and oxygen atoms in total. The van der Waals surface area contributed by atoms with Gasteiger partial charge in [-0.15, -0.1) is 5.11 Å². The van der Waals surface area contributed by atoms with E-state index in [2.05, 4.69) is 16.3 Å². The van der Waals surface area contributed by atoms with Gasteiger partial charge < -0.3 is 0 Å². The standard InChI is InChI=1S/C14H23N3O/c15-12-14(17-16-13-18)10-8-6-4-2-1-3-5-7-9-11-14/h13H,1-11H2. The third-order valence-corrected chi connectivity index (χ3v) is 3.69. The molecule has 0 radical (unpaired) electrons. The Hall–Kier alpha value is -1.24. The van der Waals surface area contributed by atoms with Gasteiger partial charge in [0.05, 0.1) is 6.07 Å². The largest absolute Gasteiger partial charge is 0.275 e. The summed E-state index contributed by atoms with van der Waals surface area (Å²) in [6, 6.07) is 2.28. The van der Waals surface area contributed by atoms with Gasteiger partial charge in [0.25, 0.3) is 6.41 Å². The van der Waals surface area contributed by atoms with Gasteiger partial charge >= 0.3 is 0 Å². The molecule has 1 saturated carbocycles. The summed E-state index contributed by atoms with van der Waals surface area (Å²) >= 11 is 0. The van der Waals surface area contributed by atoms with Crippen molar-refractivity contribution < 1.29 is 4.79 Å². The van der Waals surface area contributed by atoms with Gasteiger partial charge in [-0.3, -0.25) is 4.79 Å². The van der Waals surface area contributed by atoms with Crippen molar-refractivity contribution >= 4 is 6.41 Å². The first-order valence-electron chi connectivity index (χ1n) is 7.10. The number of amides is 1. The van der Waals surface area contributed by atoms with Crippen LogP contribution < -0.4 is 0 Å². The molecule has 0 aliphatic heterocycles. The first-order chi connectivity index (χ1) is 8.83. The predicted molar refractivity (Wildman–Crippen MR) is 70.1 cm³/mol. The van der Waals surface area contributed by atoms with Crippen LogP contribution in [0.2, 0.25) is 0 Å². The summed E-state index contributed by atoms with van der Waals surface area (Å²) in [5.41, 5.74) is -0.750. The lowest BCUT2D eigenvalue weighted by Gasteiger charge is -2.21. The van der Waals surface area contributed by atoms with Crippen molar-refractivity contribution in [2.24, 2.45) is 10.2 Å². The van der Waals surface area contributed by atoms with E-state index in [1.54, 1.807) is 0 Å². The number of rotatable bonds is 2. The summed E-state index contributed by atoms with van der Waals surface area (Å²) in [7, 11) is 0. The van der Waals surface area contributed by atoms with Gasteiger partial charge in [0.15, 0.2) is 5.54 Å². The van der Waals surface area contributed by atoms with Crippen LogP contribution in [-0.2, 0) is 4.79 Å². The van der Waals surface area contributed by atoms with E-state index < -0.39 is 5.54 Å². The normalized spacial score (nSPS) is 22.6. The third-order valence-electron chi connectivity index (χ3n) is 3.69. The number of nitriles is 1. The van der Waals surface area contributed by atoms with Gasteiger partial charge in [0, 0.05) is 0 Å². The zero-order chi connectivity index (χ0) is 13.1. The zero-order valence-corrected chi connectivity index (χ0v) is 11.1. The lowest BCUT2D eigenvalue weighted by Crippen LogP contribution is -2.24. The molecular formula is C14H23N3O. The molecule has 0 bridgehead atoms. The first kappa shape index (κ1) is 14.8. The molecule has 0 heterocycles. The average Bonchev–Trinajstić information content (AvgIpc) is 2.39. The Morgan fingerprint density at radius 1 is 0.889 bits per heavy atom. The van der Waals surface area contributed by atoms with E-state index in [0.29, 0.717) is 6.41 Å². The predicted octanol–water partition coefficient (Wildman–Crippen LogP) is 4.16. The SMILES string of the molecule is N#CC1(N=NC=O)CCCCCCCCCCC1. The van der Waals surface area contributed by atoms with Crippen LogP contribution in [0.1, 0.15) is 70.6 Å². The van der Waals surface area contributed by atoms with Gasteiger partial charge in [0.2, 0.25) is 0 Å². The summed E-state index contributed by atoms with van der Waals surface area (Å²) in [5, 5.41) is 16.8. The lowest BCUT2D eigenvalue weighted by molar-refractivity contribution is -0.107. The number of carbonyl (C=O) groups is 1. The highest BCUT2D eigenvalue weighted by molar-refractivity contribution is 5.46. The summed E-state index contributed by atoms with van der Waals surface area (Å²) in [5.74, 6) is 0. The fourth-order valence-corrected chi connectivity index (χ4v) is 2.57. The van der Waals surface area contributed by atoms with Gasteiger partial charge in [0.1, 0.15) is 0 Å². The van der Waals surface area contributed by atoms with Crippen LogP contribution in [-0.4, -0.2) is 11.9 Å². The topological polar surface area (TPSA) is 65.6 Å². The Kier molecular flexibility index (Phi) is 7.24. The van der Waals surface area contributed by atoms with E-state index in [4.69, 9.17) is 0 Å². The molecule has 4 heteroatoms. The minimum Gasteiger partial charge on any atom is -0.275 e. The van der Waals surface area contributed by atoms with Crippen LogP contribution in [0.25, 0.3) is 0 Å². The van der Waals surface area contributed by atoms with Crippen molar-refractivity contribution in [1.29, 1.82) is 5.26 Å². The third kappa shape index (κ3) is 5.39. The van der Waals surface area contributed by atoms with Crippen LogP contribution in [0.5, 0.6) is 0 Å². The second kappa shape index (κ2) is 8.79. The molecule has 0 aromatic carbocycles. The zero-order valence-electron chi connectivity index (χ0n) is 11.1. The molecule has 0 N–H and O–H groups in total. The van der Waals surface area contributed by atoms with Crippen LogP contribution in [0, 0.1) is 11.3 Å². The van der Waals surface area contributed by atoms with Gasteiger partial charge in [-0.05, 0) is 25.7 Å². The molecule has 0 aromatic heterocycles. The average molecular weight is 249 g/mol. The fraction of sp³-hybridized carbons (Fsp3) is 0.857. The smallest absolute Gasteiger partial charge is 0.252 e. The maximum Gasteiger partial charge on any atom is 0.252 e. The Bertz CT molecular complexity index is 295. The van der Waals surface area contributed by atoms with E-state index in [-0.39, 0.29) is 0 Å². The molecule has 1 fully saturated rings. The number of nitrogens with zero attached hydrogens (tertiary/aromatic N) is 3. The van der Waals surface area contributed by atoms with Gasteiger partial charge in [-0.25, -0.2) is 0 Å². The summed E-state index contributed by atoms with van der Waals surface area (Å²) in [4.78, 5) is 10.3. The molecule has 1 aliphatic carbocycles. The maximum absolute atomic E-state index is 10.3. The molecule has 1 amide bonds. The molecule has 0 aromatic rings. The highest BCUT2D eigenvalue weighted by atomic mass is 16.1. The minimum absolute atomic E-state index is 0.426. The van der Waals surface area contributed by atoms with Crippen molar-refractivity contribution in [3.8, 4) is 6.07 Å². The van der Waals surface area contributed by atoms with E-state index >= 15 is 0 Å². The minimum atomic E-state index is -0.750. The Morgan fingerprint density at radius 2 is 1.33 bits per heavy atom. The Morgan fingerprint density at radius 3 is 1.72 bits per heavy atom. The van der Waals surface area contributed by atoms with Crippen LogP contribution >= 0.6 is 0 Å². The van der Waals surface area contributed by atoms with Crippen molar-refractivity contribution in [2.75, 3.05) is 0 Å². The van der Waals surface area contributed by atoms with Gasteiger partial charge in [-0.2, -0.15) is 10.4 Å². The Balaban J connectivity index is 2.61. The van der Waals surface area contributed by atoms with E-state index in [9.17, 15) is 10.1 Å². The molecule has 0 spiro atoms. The van der Waals surface area contributed by atoms with E-state index in [1.807, 2.05) is 0 Å². The van der Waals surface area contributed by atoms with Crippen molar-refractivity contribution in [3.05, 3.63) is 0 Å². The summed E-state index contributed by atoms with van der Waals surface area (Å²) < 4.78 is 0. The maximum atomic E-state index is 10.3. The molecule has 18 heavy (non-hydrogen) atoms. The quantitative estimate of drug-likeness (QED) is 0.544. The molecule has 1 rings (SSSR count). The summed E-state index contributed by atoms with van der Waals surface area (Å²) in [6.45, 7) is 0. The van der Waals surface area contributed by atoms with Crippen molar-refractivity contribution in [2.45, 2.75) is 76.2 Å². The molecule has 0 atom stereocenters. The molecule has 0 unspecified atom stereocenters.